The molecule has 108 valence electrons. The summed E-state index contributed by atoms with van der Waals surface area (Å²) >= 11 is 0. The number of rotatable bonds is 14. The number of carboxylic acids is 1. The molecule has 0 amide bonds. The summed E-state index contributed by atoms with van der Waals surface area (Å²) in [5, 5.41) is 8.59. The predicted octanol–water partition coefficient (Wildman–Crippen LogP) is 5.55. The number of carboxylic acid groups (broad SMARTS) is 1. The summed E-state index contributed by atoms with van der Waals surface area (Å²) in [6.07, 6.45) is 12.0. The average Bonchev–Trinajstić information content (AvgIpc) is 2.34. The molecule has 0 heterocycles. The van der Waals surface area contributed by atoms with Gasteiger partial charge in [0.25, 0.3) is 0 Å². The maximum absolute atomic E-state index is 10.5. The molecule has 0 spiro atoms. The van der Waals surface area contributed by atoms with Crippen molar-refractivity contribution in [2.24, 2.45) is 0 Å². The molecule has 18 heavy (non-hydrogen) atoms. The third-order valence-electron chi connectivity index (χ3n) is 3.23. The molecule has 0 rings (SSSR count). The van der Waals surface area contributed by atoms with Gasteiger partial charge in [-0.3, -0.25) is 4.79 Å². The second-order valence-electron chi connectivity index (χ2n) is 5.11. The minimum Gasteiger partial charge on any atom is -0.481 e. The zero-order valence-electron chi connectivity index (χ0n) is 14.0. The van der Waals surface area contributed by atoms with Crippen molar-refractivity contribution in [3.05, 3.63) is 0 Å². The van der Waals surface area contributed by atoms with Crippen molar-refractivity contribution in [1.29, 1.82) is 0 Å². The van der Waals surface area contributed by atoms with Gasteiger partial charge in [0.1, 0.15) is 0 Å². The van der Waals surface area contributed by atoms with Crippen LogP contribution in [-0.4, -0.2) is 11.1 Å². The minimum atomic E-state index is -1.54. The summed E-state index contributed by atoms with van der Waals surface area (Å²) in [5.41, 5.74) is 0. The van der Waals surface area contributed by atoms with E-state index in [9.17, 15) is 4.79 Å². The highest BCUT2D eigenvalue weighted by molar-refractivity contribution is 5.66. The Morgan fingerprint density at radius 2 is 1.22 bits per heavy atom. The van der Waals surface area contributed by atoms with Gasteiger partial charge >= 0.3 is 5.97 Å². The lowest BCUT2D eigenvalue weighted by Crippen LogP contribution is -1.93. The van der Waals surface area contributed by atoms with Crippen molar-refractivity contribution in [3.8, 4) is 0 Å². The van der Waals surface area contributed by atoms with E-state index in [-0.39, 0.29) is 6.42 Å². The molecule has 0 radical (unpaired) electrons. The van der Waals surface area contributed by atoms with Crippen LogP contribution in [0, 0.1) is 0 Å². The first kappa shape index (κ1) is 13.9. The van der Waals surface area contributed by atoms with Crippen LogP contribution < -0.4 is 0 Å². The highest BCUT2D eigenvalue weighted by atomic mass is 16.4. The number of hydrogen-bond donors (Lipinski definition) is 1. The maximum atomic E-state index is 10.5. The van der Waals surface area contributed by atoms with E-state index in [1.807, 2.05) is 0 Å². The maximum Gasteiger partial charge on any atom is 0.303 e. The summed E-state index contributed by atoms with van der Waals surface area (Å²) in [6.45, 7) is 2.23. The molecule has 0 aromatic carbocycles. The quantitative estimate of drug-likeness (QED) is 0.415. The predicted molar refractivity (Wildman–Crippen MR) is 77.9 cm³/mol. The SMILES string of the molecule is [2H]C([2H])(CCCCCCCCCCCCC)CC(=O)O. The molecule has 0 fully saturated rings. The third-order valence-corrected chi connectivity index (χ3v) is 3.23. The molecule has 0 aliphatic heterocycles. The highest BCUT2D eigenvalue weighted by Crippen LogP contribution is 2.12. The Bertz CT molecular complexity index is 243. The van der Waals surface area contributed by atoms with Gasteiger partial charge in [-0.05, 0) is 6.37 Å². The van der Waals surface area contributed by atoms with E-state index in [0.717, 1.165) is 19.3 Å². The molecule has 0 saturated carbocycles. The van der Waals surface area contributed by atoms with Crippen LogP contribution in [0.1, 0.15) is 99.5 Å². The number of aliphatic carboxylic acids is 1. The van der Waals surface area contributed by atoms with Gasteiger partial charge in [0.05, 0.1) is 0 Å². The lowest BCUT2D eigenvalue weighted by atomic mass is 10.0. The van der Waals surface area contributed by atoms with Crippen LogP contribution in [0.2, 0.25) is 0 Å². The highest BCUT2D eigenvalue weighted by Gasteiger charge is 1.96. The molecule has 0 atom stereocenters. The van der Waals surface area contributed by atoms with E-state index in [1.54, 1.807) is 0 Å². The summed E-state index contributed by atoms with van der Waals surface area (Å²) in [4.78, 5) is 10.5. The van der Waals surface area contributed by atoms with Crippen LogP contribution in [0.3, 0.4) is 0 Å². The van der Waals surface area contributed by atoms with Gasteiger partial charge in [-0.1, -0.05) is 84.0 Å². The summed E-state index contributed by atoms with van der Waals surface area (Å²) in [6, 6.07) is 0. The molecule has 2 nitrogen and oxygen atoms in total. The fourth-order valence-corrected chi connectivity index (χ4v) is 2.11. The lowest BCUT2D eigenvalue weighted by molar-refractivity contribution is -0.137. The average molecular weight is 258 g/mol. The van der Waals surface area contributed by atoms with E-state index in [0.29, 0.717) is 6.42 Å². The fraction of sp³-hybridized carbons (Fsp3) is 0.938. The first-order valence-corrected chi connectivity index (χ1v) is 7.70. The van der Waals surface area contributed by atoms with Gasteiger partial charge in [0.15, 0.2) is 0 Å². The van der Waals surface area contributed by atoms with E-state index in [1.165, 1.54) is 51.4 Å². The monoisotopic (exact) mass is 258 g/mol. The van der Waals surface area contributed by atoms with Crippen LogP contribution in [0.25, 0.3) is 0 Å². The van der Waals surface area contributed by atoms with Crippen LogP contribution in [-0.2, 0) is 4.79 Å². The van der Waals surface area contributed by atoms with Crippen molar-refractivity contribution in [2.75, 3.05) is 0 Å². The van der Waals surface area contributed by atoms with Gasteiger partial charge in [-0.2, -0.15) is 0 Å². The Labute approximate surface area is 116 Å². The van der Waals surface area contributed by atoms with Crippen LogP contribution >= 0.6 is 0 Å². The van der Waals surface area contributed by atoms with Gasteiger partial charge in [0.2, 0.25) is 0 Å². The molecule has 0 aromatic rings. The van der Waals surface area contributed by atoms with Gasteiger partial charge < -0.3 is 5.11 Å². The molecule has 0 bridgehead atoms. The molecule has 1 N–H and O–H groups in total. The first-order chi connectivity index (χ1) is 9.48. The molecular weight excluding hydrogens is 224 g/mol. The Balaban J connectivity index is 3.26. The van der Waals surface area contributed by atoms with E-state index in [4.69, 9.17) is 7.85 Å². The standard InChI is InChI=1S/C16H32O2/c1-2-3-4-5-6-7-8-9-10-11-12-13-14-15-16(17)18/h2-15H2,1H3,(H,17,18)/i14D2. The second-order valence-corrected chi connectivity index (χ2v) is 5.11. The third kappa shape index (κ3) is 15.5. The Hall–Kier alpha value is -0.530. The molecule has 0 unspecified atom stereocenters. The Kier molecular flexibility index (Phi) is 11.2. The molecule has 2 heteroatoms. The van der Waals surface area contributed by atoms with Crippen molar-refractivity contribution < 1.29 is 12.6 Å². The molecular formula is C16H32O2. The molecule has 0 aromatic heterocycles. The molecule has 0 saturated heterocycles. The van der Waals surface area contributed by atoms with Crippen LogP contribution in [0.5, 0.6) is 0 Å². The second kappa shape index (κ2) is 14.5. The fourth-order valence-electron chi connectivity index (χ4n) is 2.11. The van der Waals surface area contributed by atoms with Gasteiger partial charge in [-0.25, -0.2) is 0 Å². The van der Waals surface area contributed by atoms with E-state index < -0.39 is 12.3 Å². The molecule has 0 aliphatic rings. The zero-order chi connectivity index (χ0) is 15.3. The Morgan fingerprint density at radius 1 is 0.833 bits per heavy atom. The van der Waals surface area contributed by atoms with Crippen molar-refractivity contribution in [1.82, 2.24) is 0 Å². The Morgan fingerprint density at radius 3 is 1.61 bits per heavy atom. The van der Waals surface area contributed by atoms with Crippen LogP contribution in [0.15, 0.2) is 0 Å². The number of hydrogen-bond acceptors (Lipinski definition) is 1. The normalized spacial score (nSPS) is 13.2. The van der Waals surface area contributed by atoms with E-state index >= 15 is 0 Å². The first-order valence-electron chi connectivity index (χ1n) is 8.70. The zero-order valence-corrected chi connectivity index (χ0v) is 12.0. The summed E-state index contributed by atoms with van der Waals surface area (Å²) < 4.78 is 15.1. The van der Waals surface area contributed by atoms with Crippen LogP contribution in [0.4, 0.5) is 0 Å². The topological polar surface area (TPSA) is 37.3 Å². The van der Waals surface area contributed by atoms with Crippen molar-refractivity contribution in [2.45, 2.75) is 96.8 Å². The van der Waals surface area contributed by atoms with E-state index in [2.05, 4.69) is 6.92 Å². The minimum absolute atomic E-state index is 0.370. The number of unbranched alkanes of at least 4 members (excludes halogenated alkanes) is 10. The van der Waals surface area contributed by atoms with Gasteiger partial charge in [0, 0.05) is 9.16 Å². The van der Waals surface area contributed by atoms with Crippen molar-refractivity contribution in [3.63, 3.8) is 0 Å². The lowest BCUT2D eigenvalue weighted by Gasteiger charge is -2.02. The van der Waals surface area contributed by atoms with Gasteiger partial charge in [-0.15, -0.1) is 0 Å². The summed E-state index contributed by atoms with van der Waals surface area (Å²) in [5.74, 6) is -1.04. The summed E-state index contributed by atoms with van der Waals surface area (Å²) in [7, 11) is 0. The smallest absolute Gasteiger partial charge is 0.303 e. The number of carbonyl (C=O) groups is 1. The molecule has 0 aliphatic carbocycles. The largest absolute Gasteiger partial charge is 0.481 e. The van der Waals surface area contributed by atoms with Crippen molar-refractivity contribution >= 4 is 5.97 Å².